The van der Waals surface area contributed by atoms with Crippen molar-refractivity contribution in [3.63, 3.8) is 0 Å². The van der Waals surface area contributed by atoms with Gasteiger partial charge in [0.15, 0.2) is 0 Å². The molecule has 0 saturated heterocycles. The van der Waals surface area contributed by atoms with Crippen molar-refractivity contribution in [2.45, 2.75) is 13.8 Å². The number of hydrazine groups is 1. The summed E-state index contributed by atoms with van der Waals surface area (Å²) in [7, 11) is 0. The van der Waals surface area contributed by atoms with Crippen molar-refractivity contribution in [1.29, 1.82) is 0 Å². The Hall–Kier alpha value is -2.26. The normalized spacial score (nSPS) is 10.9. The minimum absolute atomic E-state index is 0.305. The van der Waals surface area contributed by atoms with E-state index in [0.29, 0.717) is 17.8 Å². The van der Waals surface area contributed by atoms with Gasteiger partial charge in [0, 0.05) is 25.5 Å². The third-order valence-corrected chi connectivity index (χ3v) is 3.09. The SMILES string of the molecule is CCN(CC)CCNc1nc(NN)nc(-n2ccnc2)n1. The number of likely N-dealkylation sites (N-methyl/N-ethyl adjacent to an activating group) is 1. The van der Waals surface area contributed by atoms with Crippen molar-refractivity contribution in [2.24, 2.45) is 5.84 Å². The van der Waals surface area contributed by atoms with Crippen molar-refractivity contribution >= 4 is 11.9 Å². The van der Waals surface area contributed by atoms with E-state index in [9.17, 15) is 0 Å². The van der Waals surface area contributed by atoms with Crippen LogP contribution < -0.4 is 16.6 Å². The van der Waals surface area contributed by atoms with Gasteiger partial charge in [0.1, 0.15) is 6.33 Å². The number of rotatable bonds is 8. The van der Waals surface area contributed by atoms with Crippen molar-refractivity contribution in [1.82, 2.24) is 29.4 Å². The summed E-state index contributed by atoms with van der Waals surface area (Å²) in [6.07, 6.45) is 5.04. The van der Waals surface area contributed by atoms with Gasteiger partial charge in [0.05, 0.1) is 0 Å². The smallest absolute Gasteiger partial charge is 0.243 e. The first-order chi connectivity index (χ1) is 10.3. The first kappa shape index (κ1) is 15.1. The molecule has 2 rings (SSSR count). The second kappa shape index (κ2) is 7.50. The molecule has 0 amide bonds. The molecule has 2 heterocycles. The summed E-state index contributed by atoms with van der Waals surface area (Å²) in [5.41, 5.74) is 2.44. The molecule has 0 fully saturated rings. The van der Waals surface area contributed by atoms with E-state index < -0.39 is 0 Å². The number of hydrogen-bond acceptors (Lipinski definition) is 8. The van der Waals surface area contributed by atoms with Crippen LogP contribution in [0.1, 0.15) is 13.8 Å². The maximum Gasteiger partial charge on any atom is 0.243 e. The van der Waals surface area contributed by atoms with Crippen LogP contribution >= 0.6 is 0 Å². The van der Waals surface area contributed by atoms with E-state index in [1.54, 1.807) is 23.3 Å². The van der Waals surface area contributed by atoms with Gasteiger partial charge in [-0.05, 0) is 13.1 Å². The van der Waals surface area contributed by atoms with Crippen LogP contribution in [0.4, 0.5) is 11.9 Å². The zero-order valence-electron chi connectivity index (χ0n) is 12.3. The Bertz CT molecular complexity index is 536. The first-order valence-corrected chi connectivity index (χ1v) is 6.94. The molecule has 2 aromatic rings. The predicted molar refractivity (Wildman–Crippen MR) is 81.0 cm³/mol. The molecule has 0 unspecified atom stereocenters. The van der Waals surface area contributed by atoms with E-state index in [4.69, 9.17) is 5.84 Å². The van der Waals surface area contributed by atoms with Gasteiger partial charge in [0.2, 0.25) is 17.8 Å². The van der Waals surface area contributed by atoms with Gasteiger partial charge in [-0.3, -0.25) is 9.99 Å². The van der Waals surface area contributed by atoms with E-state index in [0.717, 1.165) is 26.2 Å². The van der Waals surface area contributed by atoms with Gasteiger partial charge in [0.25, 0.3) is 0 Å². The lowest BCUT2D eigenvalue weighted by atomic mass is 10.4. The second-order valence-electron chi connectivity index (χ2n) is 4.35. The van der Waals surface area contributed by atoms with Crippen molar-refractivity contribution in [3.8, 4) is 5.95 Å². The van der Waals surface area contributed by atoms with Crippen LogP contribution in [0, 0.1) is 0 Å². The number of nitrogens with two attached hydrogens (primary N) is 1. The Labute approximate surface area is 123 Å². The molecule has 0 aliphatic carbocycles. The zero-order chi connectivity index (χ0) is 15.1. The fourth-order valence-corrected chi connectivity index (χ4v) is 1.87. The number of nitrogen functional groups attached to an aromatic ring is 1. The Kier molecular flexibility index (Phi) is 5.41. The molecule has 9 heteroatoms. The molecule has 0 aliphatic rings. The summed E-state index contributed by atoms with van der Waals surface area (Å²) in [5.74, 6) is 6.64. The Balaban J connectivity index is 2.07. The average Bonchev–Trinajstić information content (AvgIpc) is 3.05. The number of hydrogen-bond donors (Lipinski definition) is 3. The number of nitrogens with one attached hydrogen (secondary N) is 2. The molecule has 0 saturated carbocycles. The lowest BCUT2D eigenvalue weighted by molar-refractivity contribution is 0.316. The maximum absolute atomic E-state index is 5.40. The zero-order valence-corrected chi connectivity index (χ0v) is 12.3. The van der Waals surface area contributed by atoms with Crippen LogP contribution in [0.15, 0.2) is 18.7 Å². The highest BCUT2D eigenvalue weighted by Crippen LogP contribution is 2.08. The molecular weight excluding hydrogens is 270 g/mol. The van der Waals surface area contributed by atoms with Crippen LogP contribution in [0.2, 0.25) is 0 Å². The topological polar surface area (TPSA) is 110 Å². The maximum atomic E-state index is 5.40. The summed E-state index contributed by atoms with van der Waals surface area (Å²) >= 11 is 0. The molecule has 0 radical (unpaired) electrons. The summed E-state index contributed by atoms with van der Waals surface area (Å²) < 4.78 is 1.69. The van der Waals surface area contributed by atoms with Crippen LogP contribution in [-0.2, 0) is 0 Å². The molecule has 21 heavy (non-hydrogen) atoms. The minimum atomic E-state index is 0.305. The van der Waals surface area contributed by atoms with Gasteiger partial charge in [-0.25, -0.2) is 10.8 Å². The number of imidazole rings is 1. The van der Waals surface area contributed by atoms with E-state index in [1.807, 2.05) is 0 Å². The molecule has 0 aromatic carbocycles. The molecular formula is C12H21N9. The highest BCUT2D eigenvalue weighted by atomic mass is 15.4. The molecule has 0 bridgehead atoms. The molecule has 114 valence electrons. The average molecular weight is 291 g/mol. The largest absolute Gasteiger partial charge is 0.353 e. The summed E-state index contributed by atoms with van der Waals surface area (Å²) in [4.78, 5) is 19.0. The standard InChI is InChI=1S/C12H21N9/c1-3-20(4-2)7-6-15-10-16-11(19-13)18-12(17-10)21-8-5-14-9-21/h5,8-9H,3-4,6-7,13H2,1-2H3,(H2,15,16,17,18,19). The third-order valence-electron chi connectivity index (χ3n) is 3.09. The van der Waals surface area contributed by atoms with Gasteiger partial charge < -0.3 is 10.2 Å². The fraction of sp³-hybridized carbons (Fsp3) is 0.500. The molecule has 0 spiro atoms. The highest BCUT2D eigenvalue weighted by molar-refractivity contribution is 5.37. The molecule has 4 N–H and O–H groups in total. The van der Waals surface area contributed by atoms with E-state index >= 15 is 0 Å². The second-order valence-corrected chi connectivity index (χ2v) is 4.35. The predicted octanol–water partition coefficient (Wildman–Crippen LogP) is 0.0966. The summed E-state index contributed by atoms with van der Waals surface area (Å²) in [6.45, 7) is 7.99. The van der Waals surface area contributed by atoms with Crippen LogP contribution in [0.25, 0.3) is 5.95 Å². The number of aromatic nitrogens is 5. The lowest BCUT2D eigenvalue weighted by Crippen LogP contribution is -2.29. The molecule has 9 nitrogen and oxygen atoms in total. The summed E-state index contributed by atoms with van der Waals surface area (Å²) in [5, 5.41) is 3.19. The Morgan fingerprint density at radius 1 is 1.19 bits per heavy atom. The van der Waals surface area contributed by atoms with E-state index in [1.165, 1.54) is 0 Å². The molecule has 0 atom stereocenters. The van der Waals surface area contributed by atoms with E-state index in [2.05, 4.69) is 49.4 Å². The lowest BCUT2D eigenvalue weighted by Gasteiger charge is -2.18. The Morgan fingerprint density at radius 2 is 1.95 bits per heavy atom. The first-order valence-electron chi connectivity index (χ1n) is 6.94. The van der Waals surface area contributed by atoms with Crippen molar-refractivity contribution in [3.05, 3.63) is 18.7 Å². The van der Waals surface area contributed by atoms with E-state index in [-0.39, 0.29) is 0 Å². The molecule has 0 aliphatic heterocycles. The summed E-state index contributed by atoms with van der Waals surface area (Å²) in [6, 6.07) is 0. The number of anilines is 2. The van der Waals surface area contributed by atoms with Crippen LogP contribution in [-0.4, -0.2) is 55.6 Å². The quantitative estimate of drug-likeness (QED) is 0.464. The monoisotopic (exact) mass is 291 g/mol. The number of nitrogens with zero attached hydrogens (tertiary/aromatic N) is 6. The van der Waals surface area contributed by atoms with Crippen LogP contribution in [0.5, 0.6) is 0 Å². The van der Waals surface area contributed by atoms with Crippen LogP contribution in [0.3, 0.4) is 0 Å². The van der Waals surface area contributed by atoms with Gasteiger partial charge in [-0.15, -0.1) is 0 Å². The van der Waals surface area contributed by atoms with Gasteiger partial charge in [-0.2, -0.15) is 15.0 Å². The molecule has 2 aromatic heterocycles. The van der Waals surface area contributed by atoms with Gasteiger partial charge in [-0.1, -0.05) is 13.8 Å². The van der Waals surface area contributed by atoms with Crippen molar-refractivity contribution in [2.75, 3.05) is 36.9 Å². The van der Waals surface area contributed by atoms with Crippen molar-refractivity contribution < 1.29 is 0 Å². The van der Waals surface area contributed by atoms with Gasteiger partial charge >= 0.3 is 0 Å². The Morgan fingerprint density at radius 3 is 2.57 bits per heavy atom. The third kappa shape index (κ3) is 4.10. The fourth-order valence-electron chi connectivity index (χ4n) is 1.87. The minimum Gasteiger partial charge on any atom is -0.353 e. The highest BCUT2D eigenvalue weighted by Gasteiger charge is 2.07.